The first-order valence-corrected chi connectivity index (χ1v) is 12.8. The average molecular weight is 569 g/mol. The van der Waals surface area contributed by atoms with Crippen LogP contribution in [0.5, 0.6) is 0 Å². The number of hydrogen-bond donors (Lipinski definition) is 0. The molecule has 0 aliphatic carbocycles. The van der Waals surface area contributed by atoms with Gasteiger partial charge in [-0.25, -0.2) is 14.8 Å². The van der Waals surface area contributed by atoms with Gasteiger partial charge in [-0.3, -0.25) is 13.9 Å². The molecule has 5 rings (SSSR count). The third-order valence-electron chi connectivity index (χ3n) is 6.61. The molecular weight excluding hydrogens is 541 g/mol. The second kappa shape index (κ2) is 9.88. The highest BCUT2D eigenvalue weighted by atomic mass is 35.5. The Labute approximate surface area is 227 Å². The summed E-state index contributed by atoms with van der Waals surface area (Å²) in [6.07, 6.45) is 1.21. The summed E-state index contributed by atoms with van der Waals surface area (Å²) >= 11 is 6.25. The summed E-state index contributed by atoms with van der Waals surface area (Å²) in [4.78, 5) is 38.2. The van der Waals surface area contributed by atoms with Crippen LogP contribution in [0.4, 0.5) is 23.8 Å². The first kappa shape index (κ1) is 27.0. The van der Waals surface area contributed by atoms with Gasteiger partial charge in [0, 0.05) is 50.7 Å². The van der Waals surface area contributed by atoms with Crippen LogP contribution in [0.25, 0.3) is 16.9 Å². The van der Waals surface area contributed by atoms with Crippen LogP contribution in [-0.4, -0.2) is 96.5 Å². The molecule has 0 unspecified atom stereocenters. The van der Waals surface area contributed by atoms with Crippen molar-refractivity contribution < 1.29 is 27.5 Å². The van der Waals surface area contributed by atoms with Gasteiger partial charge in [-0.2, -0.15) is 18.3 Å². The Kier molecular flexibility index (Phi) is 6.85. The zero-order valence-electron chi connectivity index (χ0n) is 21.7. The minimum absolute atomic E-state index is 0.0257. The van der Waals surface area contributed by atoms with E-state index in [1.807, 2.05) is 0 Å². The number of hydrogen-bond acceptors (Lipinski definition) is 7. The fourth-order valence-electron chi connectivity index (χ4n) is 4.54. The molecule has 15 heteroatoms. The standard InChI is InChI=1S/C24H28ClF3N8O3/c1-23(2,3)39-22(38)33-8-6-32(7-9-33)19(37)14-34-12-15(10-30-34)16-13-36-18(25)11-29-20(36)21(31-16)35-5-4-17(35)24(26,27)28/h10-13,17H,4-9,14H2,1-3H3/t17-/m1/s1. The topological polar surface area (TPSA) is 101 Å². The average Bonchev–Trinajstić information content (AvgIpc) is 3.43. The van der Waals surface area contributed by atoms with E-state index in [2.05, 4.69) is 15.1 Å². The number of alkyl halides is 3. The Morgan fingerprint density at radius 1 is 1.05 bits per heavy atom. The van der Waals surface area contributed by atoms with Crippen LogP contribution in [0.3, 0.4) is 0 Å². The second-order valence-electron chi connectivity index (χ2n) is 10.5. The molecule has 0 bridgehead atoms. The molecule has 2 amide bonds. The van der Waals surface area contributed by atoms with Crippen molar-refractivity contribution >= 4 is 35.1 Å². The monoisotopic (exact) mass is 568 g/mol. The lowest BCUT2D eigenvalue weighted by Gasteiger charge is -2.42. The molecule has 0 spiro atoms. The molecule has 2 fully saturated rings. The van der Waals surface area contributed by atoms with Gasteiger partial charge in [-0.05, 0) is 27.2 Å². The minimum atomic E-state index is -4.40. The fraction of sp³-hybridized carbons (Fsp3) is 0.542. The molecular formula is C24H28ClF3N8O3. The third-order valence-corrected chi connectivity index (χ3v) is 6.89. The van der Waals surface area contributed by atoms with Crippen LogP contribution in [0.1, 0.15) is 27.2 Å². The van der Waals surface area contributed by atoms with Gasteiger partial charge in [0.2, 0.25) is 5.91 Å². The lowest BCUT2D eigenvalue weighted by Crippen LogP contribution is -2.56. The van der Waals surface area contributed by atoms with Gasteiger partial charge in [0.05, 0.1) is 18.1 Å². The molecule has 3 aromatic rings. The van der Waals surface area contributed by atoms with Gasteiger partial charge in [0.25, 0.3) is 0 Å². The molecule has 5 heterocycles. The summed E-state index contributed by atoms with van der Waals surface area (Å²) in [6.45, 7) is 6.98. The molecule has 11 nitrogen and oxygen atoms in total. The number of nitrogens with zero attached hydrogens (tertiary/aromatic N) is 8. The summed E-state index contributed by atoms with van der Waals surface area (Å²) < 4.78 is 48.7. The number of fused-ring (bicyclic) bond motifs is 1. The van der Waals surface area contributed by atoms with E-state index in [0.29, 0.717) is 37.4 Å². The van der Waals surface area contributed by atoms with Crippen LogP contribution in [0.2, 0.25) is 5.15 Å². The number of carbonyl (C=O) groups is 2. The molecule has 2 saturated heterocycles. The Bertz CT molecular complexity index is 1390. The van der Waals surface area contributed by atoms with Crippen molar-refractivity contribution in [3.8, 4) is 11.3 Å². The van der Waals surface area contributed by atoms with Crippen molar-refractivity contribution in [2.75, 3.05) is 37.6 Å². The van der Waals surface area contributed by atoms with Gasteiger partial charge in [0.15, 0.2) is 11.5 Å². The van der Waals surface area contributed by atoms with Crippen LogP contribution in [0, 0.1) is 0 Å². The van der Waals surface area contributed by atoms with Crippen LogP contribution in [0.15, 0.2) is 24.8 Å². The summed E-state index contributed by atoms with van der Waals surface area (Å²) in [5.41, 5.74) is 0.482. The van der Waals surface area contributed by atoms with E-state index in [-0.39, 0.29) is 42.0 Å². The molecule has 1 atom stereocenters. The van der Waals surface area contributed by atoms with Crippen molar-refractivity contribution in [3.05, 3.63) is 29.9 Å². The lowest BCUT2D eigenvalue weighted by atomic mass is 10.0. The molecule has 39 heavy (non-hydrogen) atoms. The SMILES string of the molecule is CC(C)(C)OC(=O)N1CCN(C(=O)Cn2cc(-c3cn4c(Cl)cnc4c(N4CC[C@@H]4C(F)(F)F)n3)cn2)CC1. The van der Waals surface area contributed by atoms with Crippen molar-refractivity contribution in [1.82, 2.24) is 33.9 Å². The van der Waals surface area contributed by atoms with E-state index >= 15 is 0 Å². The largest absolute Gasteiger partial charge is 0.444 e. The van der Waals surface area contributed by atoms with Gasteiger partial charge in [-0.15, -0.1) is 0 Å². The Morgan fingerprint density at radius 2 is 1.74 bits per heavy atom. The van der Waals surface area contributed by atoms with E-state index in [1.54, 1.807) is 43.0 Å². The fourth-order valence-corrected chi connectivity index (χ4v) is 4.72. The number of anilines is 1. The molecule has 2 aliphatic heterocycles. The zero-order valence-corrected chi connectivity index (χ0v) is 22.4. The Morgan fingerprint density at radius 3 is 2.36 bits per heavy atom. The molecule has 0 aromatic carbocycles. The molecule has 2 aliphatic rings. The molecule has 0 N–H and O–H groups in total. The van der Waals surface area contributed by atoms with Gasteiger partial charge < -0.3 is 19.4 Å². The maximum atomic E-state index is 13.5. The molecule has 0 saturated carbocycles. The number of ether oxygens (including phenoxy) is 1. The van der Waals surface area contributed by atoms with Crippen LogP contribution >= 0.6 is 11.6 Å². The summed E-state index contributed by atoms with van der Waals surface area (Å²) in [7, 11) is 0. The Hall–Kier alpha value is -3.55. The number of aromatic nitrogens is 5. The number of halogens is 4. The maximum absolute atomic E-state index is 13.5. The minimum Gasteiger partial charge on any atom is -0.444 e. The van der Waals surface area contributed by atoms with Crippen LogP contribution in [-0.2, 0) is 16.1 Å². The number of amides is 2. The highest BCUT2D eigenvalue weighted by molar-refractivity contribution is 6.29. The van der Waals surface area contributed by atoms with E-state index in [9.17, 15) is 22.8 Å². The van der Waals surface area contributed by atoms with E-state index in [0.717, 1.165) is 0 Å². The normalized spacial score (nSPS) is 18.4. The second-order valence-corrected chi connectivity index (χ2v) is 10.9. The predicted octanol–water partition coefficient (Wildman–Crippen LogP) is 3.47. The highest BCUT2D eigenvalue weighted by Gasteiger charge is 2.50. The number of piperazine rings is 1. The first-order valence-electron chi connectivity index (χ1n) is 12.5. The van der Waals surface area contributed by atoms with Crippen LogP contribution < -0.4 is 4.90 Å². The smallest absolute Gasteiger partial charge is 0.410 e. The quantitative estimate of drug-likeness (QED) is 0.475. The Balaban J connectivity index is 1.29. The highest BCUT2D eigenvalue weighted by Crippen LogP contribution is 2.39. The van der Waals surface area contributed by atoms with Crippen molar-refractivity contribution in [2.45, 2.75) is 51.6 Å². The van der Waals surface area contributed by atoms with Gasteiger partial charge in [0.1, 0.15) is 23.3 Å². The molecule has 210 valence electrons. The maximum Gasteiger partial charge on any atom is 0.410 e. The zero-order chi connectivity index (χ0) is 28.1. The van der Waals surface area contributed by atoms with E-state index in [1.165, 1.54) is 26.4 Å². The van der Waals surface area contributed by atoms with E-state index < -0.39 is 23.9 Å². The van der Waals surface area contributed by atoms with Crippen molar-refractivity contribution in [2.24, 2.45) is 0 Å². The molecule has 3 aromatic heterocycles. The summed E-state index contributed by atoms with van der Waals surface area (Å²) in [6, 6.07) is -1.64. The molecule has 0 radical (unpaired) electrons. The van der Waals surface area contributed by atoms with Crippen molar-refractivity contribution in [1.29, 1.82) is 0 Å². The number of rotatable bonds is 4. The lowest BCUT2D eigenvalue weighted by molar-refractivity contribution is -0.159. The number of carbonyl (C=O) groups excluding carboxylic acids is 2. The summed E-state index contributed by atoms with van der Waals surface area (Å²) in [5, 5.41) is 4.49. The van der Waals surface area contributed by atoms with Gasteiger partial charge in [-0.1, -0.05) is 11.6 Å². The predicted molar refractivity (Wildman–Crippen MR) is 135 cm³/mol. The first-order chi connectivity index (χ1) is 18.3. The van der Waals surface area contributed by atoms with Gasteiger partial charge >= 0.3 is 12.3 Å². The van der Waals surface area contributed by atoms with E-state index in [4.69, 9.17) is 16.3 Å². The number of imidazole rings is 1. The third kappa shape index (κ3) is 5.60. The van der Waals surface area contributed by atoms with Crippen molar-refractivity contribution in [3.63, 3.8) is 0 Å². The summed E-state index contributed by atoms with van der Waals surface area (Å²) in [5.74, 6) is -0.0940.